The number of hydrogen-bond acceptors (Lipinski definition) is 6. The van der Waals surface area contributed by atoms with Gasteiger partial charge in [-0.3, -0.25) is 0 Å². The molecule has 39 heavy (non-hydrogen) atoms. The van der Waals surface area contributed by atoms with Gasteiger partial charge in [-0.15, -0.1) is 11.3 Å². The van der Waals surface area contributed by atoms with Gasteiger partial charge in [0.15, 0.2) is 0 Å². The van der Waals surface area contributed by atoms with Crippen molar-refractivity contribution in [2.24, 2.45) is 52.3 Å². The largest absolute Gasteiger partial charge is 0.393 e. The van der Waals surface area contributed by atoms with Crippen molar-refractivity contribution in [3.05, 3.63) is 17.5 Å². The van der Waals surface area contributed by atoms with E-state index in [1.165, 1.54) is 12.5 Å². The van der Waals surface area contributed by atoms with Crippen LogP contribution in [-0.4, -0.2) is 43.4 Å². The number of aliphatic hydroxyl groups excluding tert-OH is 2. The van der Waals surface area contributed by atoms with Crippen LogP contribution in [0.4, 0.5) is 4.79 Å². The van der Waals surface area contributed by atoms with E-state index in [-0.39, 0.29) is 33.2 Å². The fraction of sp³-hybridized carbons (Fsp3) is 0.833. The number of carbonyl (C=O) groups is 1. The summed E-state index contributed by atoms with van der Waals surface area (Å²) in [5.74, 6) is 2.94. The van der Waals surface area contributed by atoms with Crippen molar-refractivity contribution in [3.8, 4) is 0 Å². The molecule has 0 spiro atoms. The summed E-state index contributed by atoms with van der Waals surface area (Å²) in [7, 11) is -3.83. The molecule has 1 aromatic heterocycles. The second-order valence-electron chi connectivity index (χ2n) is 13.7. The van der Waals surface area contributed by atoms with Gasteiger partial charge in [0.2, 0.25) is 0 Å². The highest BCUT2D eigenvalue weighted by atomic mass is 32.2. The summed E-state index contributed by atoms with van der Waals surface area (Å²) in [6.45, 7) is 9.86. The molecule has 4 N–H and O–H groups in total. The zero-order chi connectivity index (χ0) is 28.2. The molecule has 1 heterocycles. The zero-order valence-corrected chi connectivity index (χ0v) is 25.6. The van der Waals surface area contributed by atoms with Crippen LogP contribution in [0.25, 0.3) is 0 Å². The standard InChI is InChI=1S/C30H48N2O5S2/c1-5-20-24-17-19(33)10-13-30(24,4)23-11-14-29(3)21(8-9-22(29)26(23)27(20)34)18(2)12-15-31-28(35)32-39(36,37)25-7-6-16-38-25/h6-7,16,18-24,26-27,33-34H,5,8-15,17H2,1-4H3,(H2,31,32,35)/t18-,19-,20-,21-,22+,23+,24+,26+,27-,29-,30-/m1/s1. The van der Waals surface area contributed by atoms with Gasteiger partial charge in [0.25, 0.3) is 10.0 Å². The Kier molecular flexibility index (Phi) is 8.21. The van der Waals surface area contributed by atoms with Crippen LogP contribution in [0.1, 0.15) is 85.5 Å². The maximum Gasteiger partial charge on any atom is 0.328 e. The first-order chi connectivity index (χ1) is 18.4. The predicted molar refractivity (Wildman–Crippen MR) is 154 cm³/mol. The summed E-state index contributed by atoms with van der Waals surface area (Å²) >= 11 is 1.08. The average molecular weight is 581 g/mol. The molecule has 4 fully saturated rings. The average Bonchev–Trinajstić information content (AvgIpc) is 3.54. The van der Waals surface area contributed by atoms with Gasteiger partial charge in [0.05, 0.1) is 12.2 Å². The van der Waals surface area contributed by atoms with Crippen LogP contribution in [0.15, 0.2) is 21.7 Å². The molecule has 220 valence electrons. The summed E-state index contributed by atoms with van der Waals surface area (Å²) in [6, 6.07) is 2.45. The minimum atomic E-state index is -3.83. The topological polar surface area (TPSA) is 116 Å². The van der Waals surface area contributed by atoms with Crippen molar-refractivity contribution < 1.29 is 23.4 Å². The summed E-state index contributed by atoms with van der Waals surface area (Å²) in [5.41, 5.74) is 0.373. The maximum absolute atomic E-state index is 12.3. The zero-order valence-electron chi connectivity index (χ0n) is 23.9. The van der Waals surface area contributed by atoms with Crippen LogP contribution in [0.5, 0.6) is 0 Å². The van der Waals surface area contributed by atoms with Crippen molar-refractivity contribution in [1.29, 1.82) is 0 Å². The molecular formula is C30H48N2O5S2. The quantitative estimate of drug-likeness (QED) is 0.345. The Hall–Kier alpha value is -1.16. The second kappa shape index (κ2) is 10.9. The van der Waals surface area contributed by atoms with Gasteiger partial charge in [-0.25, -0.2) is 17.9 Å². The molecule has 9 heteroatoms. The number of thiophene rings is 1. The first kappa shape index (κ1) is 29.3. The highest BCUT2D eigenvalue weighted by molar-refractivity contribution is 7.92. The van der Waals surface area contributed by atoms with Crippen LogP contribution in [0, 0.1) is 52.3 Å². The van der Waals surface area contributed by atoms with E-state index in [1.54, 1.807) is 11.4 Å². The van der Waals surface area contributed by atoms with E-state index < -0.39 is 16.1 Å². The first-order valence-corrected chi connectivity index (χ1v) is 17.5. The highest BCUT2D eigenvalue weighted by Crippen LogP contribution is 2.69. The molecule has 7 nitrogen and oxygen atoms in total. The van der Waals surface area contributed by atoms with Gasteiger partial charge >= 0.3 is 6.03 Å². The maximum atomic E-state index is 12.3. The Morgan fingerprint density at radius 1 is 1.10 bits per heavy atom. The molecule has 1 aromatic rings. The van der Waals surface area contributed by atoms with E-state index in [0.717, 1.165) is 62.7 Å². The Morgan fingerprint density at radius 3 is 2.51 bits per heavy atom. The fourth-order valence-corrected chi connectivity index (χ4v) is 12.1. The number of rotatable bonds is 7. The number of sulfonamides is 1. The number of aliphatic hydroxyl groups is 2. The van der Waals surface area contributed by atoms with Gasteiger partial charge in [-0.2, -0.15) is 0 Å². The van der Waals surface area contributed by atoms with Gasteiger partial charge in [0.1, 0.15) is 4.21 Å². The van der Waals surface area contributed by atoms with Crippen molar-refractivity contribution in [3.63, 3.8) is 0 Å². The molecule has 4 aliphatic carbocycles. The van der Waals surface area contributed by atoms with Crippen LogP contribution < -0.4 is 10.0 Å². The lowest BCUT2D eigenvalue weighted by Gasteiger charge is -2.64. The summed E-state index contributed by atoms with van der Waals surface area (Å²) < 4.78 is 26.9. The summed E-state index contributed by atoms with van der Waals surface area (Å²) in [6.07, 6.45) is 8.67. The molecule has 2 amide bonds. The lowest BCUT2D eigenvalue weighted by atomic mass is 9.41. The number of urea groups is 1. The monoisotopic (exact) mass is 580 g/mol. The Balaban J connectivity index is 1.23. The van der Waals surface area contributed by atoms with Crippen LogP contribution in [-0.2, 0) is 10.0 Å². The van der Waals surface area contributed by atoms with Crippen molar-refractivity contribution in [2.75, 3.05) is 6.54 Å². The first-order valence-electron chi connectivity index (χ1n) is 15.1. The minimum Gasteiger partial charge on any atom is -0.393 e. The van der Waals surface area contributed by atoms with Crippen molar-refractivity contribution in [2.45, 2.75) is 102 Å². The summed E-state index contributed by atoms with van der Waals surface area (Å²) in [5, 5.41) is 26.8. The van der Waals surface area contributed by atoms with E-state index in [1.807, 2.05) is 0 Å². The highest BCUT2D eigenvalue weighted by Gasteiger charge is 2.64. The van der Waals surface area contributed by atoms with Gasteiger partial charge < -0.3 is 15.5 Å². The lowest BCUT2D eigenvalue weighted by Crippen LogP contribution is -2.62. The third-order valence-electron chi connectivity index (χ3n) is 12.0. The Labute approximate surface area is 238 Å². The minimum absolute atomic E-state index is 0.131. The normalized spacial score (nSPS) is 42.6. The van der Waals surface area contributed by atoms with Crippen LogP contribution in [0.3, 0.4) is 0 Å². The number of fused-ring (bicyclic) bond motifs is 5. The van der Waals surface area contributed by atoms with E-state index in [4.69, 9.17) is 0 Å². The second-order valence-corrected chi connectivity index (χ2v) is 16.5. The van der Waals surface area contributed by atoms with Crippen LogP contribution in [0.2, 0.25) is 0 Å². The van der Waals surface area contributed by atoms with Crippen molar-refractivity contribution >= 4 is 27.4 Å². The molecule has 0 bridgehead atoms. The third kappa shape index (κ3) is 5.08. The Bertz CT molecular complexity index is 1130. The molecule has 0 aliphatic heterocycles. The van der Waals surface area contributed by atoms with E-state index in [0.29, 0.717) is 42.1 Å². The molecule has 11 atom stereocenters. The molecule has 0 unspecified atom stereocenters. The number of hydrogen-bond donors (Lipinski definition) is 4. The number of carbonyl (C=O) groups excluding carboxylic acids is 1. The molecule has 5 rings (SSSR count). The fourth-order valence-electron chi connectivity index (χ4n) is 10.2. The smallest absolute Gasteiger partial charge is 0.328 e. The predicted octanol–water partition coefficient (Wildman–Crippen LogP) is 5.39. The van der Waals surface area contributed by atoms with Gasteiger partial charge in [-0.1, -0.05) is 40.2 Å². The molecular weight excluding hydrogens is 532 g/mol. The van der Waals surface area contributed by atoms with Crippen LogP contribution >= 0.6 is 11.3 Å². The molecule has 0 aromatic carbocycles. The number of nitrogens with one attached hydrogen (secondary N) is 2. The molecule has 4 aliphatic rings. The van der Waals surface area contributed by atoms with Crippen molar-refractivity contribution in [1.82, 2.24) is 10.0 Å². The molecule has 0 radical (unpaired) electrons. The Morgan fingerprint density at radius 2 is 1.82 bits per heavy atom. The molecule has 4 saturated carbocycles. The SMILES string of the molecule is CC[C@H]1[C@@H](O)[C@@H]2[C@H](CC[C@]3(C)[C@@H]([C@H](C)CCNC(=O)NS(=O)(=O)c4cccs4)CC[C@@H]23)[C@@]2(C)CC[C@@H](O)C[C@@H]12. The van der Waals surface area contributed by atoms with E-state index in [9.17, 15) is 23.4 Å². The van der Waals surface area contributed by atoms with Gasteiger partial charge in [-0.05, 0) is 115 Å². The lowest BCUT2D eigenvalue weighted by molar-refractivity contribution is -0.203. The summed E-state index contributed by atoms with van der Waals surface area (Å²) in [4.78, 5) is 12.3. The molecule has 0 saturated heterocycles. The van der Waals surface area contributed by atoms with Gasteiger partial charge in [0, 0.05) is 6.54 Å². The van der Waals surface area contributed by atoms with E-state index in [2.05, 4.69) is 37.7 Å². The number of amides is 2. The third-order valence-corrected chi connectivity index (χ3v) is 14.8. The van der Waals surface area contributed by atoms with E-state index >= 15 is 0 Å².